The highest BCUT2D eigenvalue weighted by atomic mass is 32.2. The van der Waals surface area contributed by atoms with Gasteiger partial charge < -0.3 is 19.6 Å². The van der Waals surface area contributed by atoms with Crippen LogP contribution in [0.3, 0.4) is 0 Å². The first-order valence-electron chi connectivity index (χ1n) is 8.64. The number of carbonyl (C=O) groups is 1. The molecule has 1 unspecified atom stereocenters. The highest BCUT2D eigenvalue weighted by Gasteiger charge is 2.27. The second-order valence-electron chi connectivity index (χ2n) is 6.38. The zero-order chi connectivity index (χ0) is 19.7. The Morgan fingerprint density at radius 2 is 1.89 bits per heavy atom. The summed E-state index contributed by atoms with van der Waals surface area (Å²) in [5.41, 5.74) is 1.57. The molecule has 3 aromatic rings. The van der Waals surface area contributed by atoms with Gasteiger partial charge in [-0.2, -0.15) is 4.72 Å². The minimum Gasteiger partial charge on any atom is -0.486 e. The Labute approximate surface area is 161 Å². The van der Waals surface area contributed by atoms with Crippen LogP contribution in [-0.4, -0.2) is 43.7 Å². The summed E-state index contributed by atoms with van der Waals surface area (Å²) < 4.78 is 38.6. The van der Waals surface area contributed by atoms with Gasteiger partial charge in [0.2, 0.25) is 10.0 Å². The molecular weight excluding hydrogens is 384 g/mol. The van der Waals surface area contributed by atoms with Crippen LogP contribution in [-0.2, 0) is 21.2 Å². The van der Waals surface area contributed by atoms with E-state index >= 15 is 0 Å². The average Bonchev–Trinajstić information content (AvgIpc) is 3.10. The summed E-state index contributed by atoms with van der Waals surface area (Å²) in [5.74, 6) is -0.484. The van der Waals surface area contributed by atoms with Gasteiger partial charge in [0.05, 0.1) is 4.90 Å². The van der Waals surface area contributed by atoms with E-state index in [2.05, 4.69) is 9.71 Å². The Morgan fingerprint density at radius 1 is 1.14 bits per heavy atom. The van der Waals surface area contributed by atoms with Crippen molar-refractivity contribution < 1.29 is 27.8 Å². The lowest BCUT2D eigenvalue weighted by Gasteiger charge is -2.19. The van der Waals surface area contributed by atoms with Crippen LogP contribution in [0.15, 0.2) is 53.6 Å². The van der Waals surface area contributed by atoms with E-state index < -0.39 is 22.0 Å². The van der Waals surface area contributed by atoms with E-state index in [4.69, 9.17) is 9.47 Å². The molecule has 0 bridgehead atoms. The molecule has 2 heterocycles. The Hall–Kier alpha value is -3.04. The van der Waals surface area contributed by atoms with Crippen LogP contribution in [0.4, 0.5) is 0 Å². The van der Waals surface area contributed by atoms with Crippen molar-refractivity contribution in [1.29, 1.82) is 0 Å². The molecule has 0 radical (unpaired) electrons. The second kappa shape index (κ2) is 7.17. The van der Waals surface area contributed by atoms with Crippen LogP contribution in [0.5, 0.6) is 11.5 Å². The van der Waals surface area contributed by atoms with Crippen molar-refractivity contribution in [2.24, 2.45) is 0 Å². The van der Waals surface area contributed by atoms with Crippen molar-refractivity contribution in [1.82, 2.24) is 9.71 Å². The monoisotopic (exact) mass is 402 g/mol. The van der Waals surface area contributed by atoms with Gasteiger partial charge in [-0.15, -0.1) is 0 Å². The highest BCUT2D eigenvalue weighted by molar-refractivity contribution is 7.89. The molecule has 3 N–H and O–H groups in total. The van der Waals surface area contributed by atoms with Gasteiger partial charge in [-0.1, -0.05) is 18.2 Å². The number of aromatic amines is 1. The molecule has 0 amide bonds. The van der Waals surface area contributed by atoms with Crippen LogP contribution < -0.4 is 14.2 Å². The predicted octanol–water partition coefficient (Wildman–Crippen LogP) is 1.91. The molecule has 28 heavy (non-hydrogen) atoms. The maximum atomic E-state index is 12.7. The molecule has 1 aromatic heterocycles. The van der Waals surface area contributed by atoms with Crippen molar-refractivity contribution in [3.8, 4) is 11.5 Å². The van der Waals surface area contributed by atoms with E-state index in [9.17, 15) is 18.3 Å². The summed E-state index contributed by atoms with van der Waals surface area (Å²) in [6.45, 7) is 0.714. The quantitative estimate of drug-likeness (QED) is 0.580. The Kier molecular flexibility index (Phi) is 4.70. The van der Waals surface area contributed by atoms with Crippen LogP contribution in [0, 0.1) is 0 Å². The number of sulfonamides is 1. The molecule has 1 aliphatic heterocycles. The molecule has 146 valence electrons. The van der Waals surface area contributed by atoms with Gasteiger partial charge in [0.1, 0.15) is 19.3 Å². The fraction of sp³-hybridized carbons (Fsp3) is 0.211. The van der Waals surface area contributed by atoms with E-state index in [0.29, 0.717) is 30.3 Å². The molecule has 8 nitrogen and oxygen atoms in total. The molecule has 0 aliphatic carbocycles. The zero-order valence-electron chi connectivity index (χ0n) is 14.7. The number of carboxylic acids is 1. The lowest BCUT2D eigenvalue weighted by molar-refractivity contribution is -0.138. The smallest absolute Gasteiger partial charge is 0.322 e. The topological polar surface area (TPSA) is 118 Å². The van der Waals surface area contributed by atoms with E-state index in [1.807, 2.05) is 24.3 Å². The molecule has 0 saturated carbocycles. The lowest BCUT2D eigenvalue weighted by Crippen LogP contribution is -2.42. The number of carboxylic acid groups (broad SMARTS) is 1. The van der Waals surface area contributed by atoms with E-state index in [1.54, 1.807) is 6.20 Å². The van der Waals surface area contributed by atoms with Gasteiger partial charge in [-0.05, 0) is 23.8 Å². The van der Waals surface area contributed by atoms with Crippen molar-refractivity contribution >= 4 is 26.9 Å². The maximum Gasteiger partial charge on any atom is 0.322 e. The molecular formula is C19H18N2O6S. The largest absolute Gasteiger partial charge is 0.486 e. The Morgan fingerprint density at radius 3 is 2.68 bits per heavy atom. The van der Waals surface area contributed by atoms with E-state index in [-0.39, 0.29) is 11.3 Å². The lowest BCUT2D eigenvalue weighted by atomic mass is 10.1. The fourth-order valence-corrected chi connectivity index (χ4v) is 4.35. The molecule has 0 saturated heterocycles. The number of fused-ring (bicyclic) bond motifs is 2. The second-order valence-corrected chi connectivity index (χ2v) is 8.10. The first kappa shape index (κ1) is 18.3. The molecule has 1 aliphatic rings. The van der Waals surface area contributed by atoms with Gasteiger partial charge in [-0.3, -0.25) is 4.79 Å². The number of benzene rings is 2. The summed E-state index contributed by atoms with van der Waals surface area (Å²) >= 11 is 0. The molecule has 9 heteroatoms. The van der Waals surface area contributed by atoms with Gasteiger partial charge >= 0.3 is 5.97 Å². The van der Waals surface area contributed by atoms with E-state index in [0.717, 1.165) is 10.9 Å². The third-order valence-electron chi connectivity index (χ3n) is 4.52. The fourth-order valence-electron chi connectivity index (χ4n) is 3.15. The molecule has 1 atom stereocenters. The number of hydrogen-bond acceptors (Lipinski definition) is 5. The van der Waals surface area contributed by atoms with Gasteiger partial charge in [0, 0.05) is 29.6 Å². The number of aliphatic carboxylic acids is 1. The summed E-state index contributed by atoms with van der Waals surface area (Å²) in [6.07, 6.45) is 1.70. The number of rotatable bonds is 6. The summed E-state index contributed by atoms with van der Waals surface area (Å²) in [4.78, 5) is 14.7. The molecule has 0 spiro atoms. The molecule has 2 aromatic carbocycles. The standard InChI is InChI=1S/C19H18N2O6S/c22-19(23)16(9-12-11-20-15-4-2-1-3-14(12)15)21-28(24,25)13-5-6-17-18(10-13)27-8-7-26-17/h1-6,10-11,16,20-21H,7-9H2,(H,22,23). The van der Waals surface area contributed by atoms with Gasteiger partial charge in [0.25, 0.3) is 0 Å². The first-order chi connectivity index (χ1) is 13.4. The third kappa shape index (κ3) is 3.54. The van der Waals surface area contributed by atoms with Crippen LogP contribution in [0.1, 0.15) is 5.56 Å². The van der Waals surface area contributed by atoms with Crippen molar-refractivity contribution in [2.75, 3.05) is 13.2 Å². The SMILES string of the molecule is O=C(O)C(Cc1c[nH]c2ccccc12)NS(=O)(=O)c1ccc2c(c1)OCCO2. The maximum absolute atomic E-state index is 12.7. The average molecular weight is 402 g/mol. The van der Waals surface area contributed by atoms with Gasteiger partial charge in [-0.25, -0.2) is 8.42 Å². The van der Waals surface area contributed by atoms with Gasteiger partial charge in [0.15, 0.2) is 11.5 Å². The molecule has 4 rings (SSSR count). The summed E-state index contributed by atoms with van der Waals surface area (Å²) in [6, 6.07) is 10.3. The summed E-state index contributed by atoms with van der Waals surface area (Å²) in [7, 11) is -4.07. The number of aromatic nitrogens is 1. The zero-order valence-corrected chi connectivity index (χ0v) is 15.5. The highest BCUT2D eigenvalue weighted by Crippen LogP contribution is 2.32. The van der Waals surface area contributed by atoms with Crippen LogP contribution in [0.25, 0.3) is 10.9 Å². The number of H-pyrrole nitrogens is 1. The number of para-hydroxylation sites is 1. The number of ether oxygens (including phenoxy) is 2. The normalized spacial score (nSPS) is 14.7. The first-order valence-corrected chi connectivity index (χ1v) is 10.1. The minimum absolute atomic E-state index is 0.00310. The number of hydrogen-bond donors (Lipinski definition) is 3. The molecule has 0 fully saturated rings. The predicted molar refractivity (Wildman–Crippen MR) is 101 cm³/mol. The van der Waals surface area contributed by atoms with E-state index in [1.165, 1.54) is 18.2 Å². The Balaban J connectivity index is 1.59. The van der Waals surface area contributed by atoms with Crippen LogP contribution >= 0.6 is 0 Å². The minimum atomic E-state index is -4.07. The van der Waals surface area contributed by atoms with Crippen molar-refractivity contribution in [3.63, 3.8) is 0 Å². The number of nitrogens with one attached hydrogen (secondary N) is 2. The third-order valence-corrected chi connectivity index (χ3v) is 5.99. The van der Waals surface area contributed by atoms with Crippen molar-refractivity contribution in [2.45, 2.75) is 17.4 Å². The summed E-state index contributed by atoms with van der Waals surface area (Å²) in [5, 5.41) is 10.4. The van der Waals surface area contributed by atoms with Crippen LogP contribution in [0.2, 0.25) is 0 Å². The Bertz CT molecular complexity index is 1140. The van der Waals surface area contributed by atoms with Crippen molar-refractivity contribution in [3.05, 3.63) is 54.2 Å².